The van der Waals surface area contributed by atoms with Crippen LogP contribution in [0.4, 0.5) is 0 Å². The number of amides is 4. The topological polar surface area (TPSA) is 108 Å². The second-order valence-electron chi connectivity index (χ2n) is 8.53. The van der Waals surface area contributed by atoms with Crippen LogP contribution in [0.15, 0.2) is 0 Å². The third kappa shape index (κ3) is 6.52. The third-order valence-corrected chi connectivity index (χ3v) is 4.42. The van der Waals surface area contributed by atoms with Gasteiger partial charge in [0.15, 0.2) is 0 Å². The zero-order valence-electron chi connectivity index (χ0n) is 17.5. The first-order chi connectivity index (χ1) is 12.3. The van der Waals surface area contributed by atoms with E-state index in [-0.39, 0.29) is 29.7 Å². The van der Waals surface area contributed by atoms with Crippen LogP contribution in [0.5, 0.6) is 0 Å². The zero-order chi connectivity index (χ0) is 20.9. The molecule has 4 amide bonds. The molecule has 0 saturated carbocycles. The van der Waals surface area contributed by atoms with Crippen LogP contribution in [0.3, 0.4) is 0 Å². The van der Waals surface area contributed by atoms with E-state index in [1.54, 1.807) is 34.6 Å². The van der Waals surface area contributed by atoms with Crippen molar-refractivity contribution in [2.24, 2.45) is 5.41 Å². The molecule has 0 aliphatic carbocycles. The summed E-state index contributed by atoms with van der Waals surface area (Å²) in [6.45, 7) is 12.7. The van der Waals surface area contributed by atoms with Crippen LogP contribution in [0.2, 0.25) is 0 Å². The maximum Gasteiger partial charge on any atom is 0.245 e. The molecule has 0 spiro atoms. The number of nitrogens with zero attached hydrogens (tertiary/aromatic N) is 1. The molecule has 0 unspecified atom stereocenters. The molecular weight excluding hydrogens is 348 g/mol. The molecule has 1 fully saturated rings. The Morgan fingerprint density at radius 1 is 0.926 bits per heavy atom. The van der Waals surface area contributed by atoms with Crippen molar-refractivity contribution in [1.82, 2.24) is 20.9 Å². The van der Waals surface area contributed by atoms with E-state index < -0.39 is 23.5 Å². The van der Waals surface area contributed by atoms with Gasteiger partial charge < -0.3 is 20.9 Å². The maximum absolute atomic E-state index is 12.7. The Kier molecular flexibility index (Phi) is 7.80. The molecule has 0 aromatic carbocycles. The van der Waals surface area contributed by atoms with Crippen LogP contribution in [0.1, 0.15) is 61.3 Å². The van der Waals surface area contributed by atoms with E-state index in [0.717, 1.165) is 0 Å². The summed E-state index contributed by atoms with van der Waals surface area (Å²) in [5, 5.41) is 8.14. The predicted octanol–water partition coefficient (Wildman–Crippen LogP) is 0.558. The Morgan fingerprint density at radius 3 is 2.04 bits per heavy atom. The lowest BCUT2D eigenvalue weighted by molar-refractivity contribution is -0.142. The van der Waals surface area contributed by atoms with Crippen molar-refractivity contribution in [2.45, 2.75) is 85.5 Å². The quantitative estimate of drug-likeness (QED) is 0.624. The van der Waals surface area contributed by atoms with Gasteiger partial charge >= 0.3 is 0 Å². The van der Waals surface area contributed by atoms with Gasteiger partial charge in [0.2, 0.25) is 23.6 Å². The van der Waals surface area contributed by atoms with Crippen LogP contribution in [-0.4, -0.2) is 59.2 Å². The minimum absolute atomic E-state index is 0.0197. The highest BCUT2D eigenvalue weighted by Crippen LogP contribution is 2.19. The summed E-state index contributed by atoms with van der Waals surface area (Å²) < 4.78 is 0. The Morgan fingerprint density at radius 2 is 1.52 bits per heavy atom. The average molecular weight is 383 g/mol. The summed E-state index contributed by atoms with van der Waals surface area (Å²) >= 11 is 0. The molecule has 0 aromatic heterocycles. The lowest BCUT2D eigenvalue weighted by Crippen LogP contribution is -2.56. The van der Waals surface area contributed by atoms with Crippen molar-refractivity contribution in [3.05, 3.63) is 0 Å². The first-order valence-electron chi connectivity index (χ1n) is 9.56. The first-order valence-corrected chi connectivity index (χ1v) is 9.56. The minimum Gasteiger partial charge on any atom is -0.352 e. The summed E-state index contributed by atoms with van der Waals surface area (Å²) in [4.78, 5) is 50.9. The average Bonchev–Trinajstić information content (AvgIpc) is 3.01. The molecule has 1 rings (SSSR count). The number of carbonyl (C=O) groups is 4. The smallest absolute Gasteiger partial charge is 0.245 e. The van der Waals surface area contributed by atoms with Gasteiger partial charge in [0.1, 0.15) is 18.1 Å². The molecule has 1 aliphatic heterocycles. The fourth-order valence-electron chi connectivity index (χ4n) is 2.81. The van der Waals surface area contributed by atoms with E-state index >= 15 is 0 Å². The Bertz CT molecular complexity index is 583. The molecule has 154 valence electrons. The third-order valence-electron chi connectivity index (χ3n) is 4.42. The molecule has 3 atom stereocenters. The van der Waals surface area contributed by atoms with Gasteiger partial charge in [0.25, 0.3) is 0 Å². The minimum atomic E-state index is -0.716. The Labute approximate surface area is 161 Å². The van der Waals surface area contributed by atoms with Gasteiger partial charge in [-0.15, -0.1) is 0 Å². The van der Waals surface area contributed by atoms with Crippen molar-refractivity contribution in [2.75, 3.05) is 6.54 Å². The van der Waals surface area contributed by atoms with Crippen LogP contribution in [0, 0.1) is 5.41 Å². The van der Waals surface area contributed by atoms with E-state index in [0.29, 0.717) is 19.4 Å². The number of nitrogens with one attached hydrogen (secondary N) is 3. The van der Waals surface area contributed by atoms with Gasteiger partial charge in [-0.25, -0.2) is 0 Å². The number of carbonyl (C=O) groups excluding carboxylic acids is 4. The summed E-state index contributed by atoms with van der Waals surface area (Å²) in [6.07, 6.45) is 1.24. The molecule has 1 saturated heterocycles. The molecule has 0 aromatic rings. The summed E-state index contributed by atoms with van der Waals surface area (Å²) in [5.41, 5.74) is -0.602. The second kappa shape index (κ2) is 9.19. The number of rotatable bonds is 6. The first kappa shape index (κ1) is 22.9. The lowest BCUT2D eigenvalue weighted by atomic mass is 9.95. The zero-order valence-corrected chi connectivity index (χ0v) is 17.5. The van der Waals surface area contributed by atoms with E-state index in [1.165, 1.54) is 4.90 Å². The number of hydrogen-bond acceptors (Lipinski definition) is 4. The number of likely N-dealkylation sites (tertiary alicyclic amines) is 1. The van der Waals surface area contributed by atoms with Crippen molar-refractivity contribution in [3.8, 4) is 0 Å². The summed E-state index contributed by atoms with van der Waals surface area (Å²) in [7, 11) is 0. The van der Waals surface area contributed by atoms with Crippen LogP contribution in [-0.2, 0) is 19.2 Å². The molecule has 8 heteroatoms. The molecule has 1 heterocycles. The SMILES string of the molecule is CC(C)NC(=O)[C@H](C)NC(=O)[C@@H]1CCCN1C(=O)[C@H](C)NC(=O)C(C)(C)C. The monoisotopic (exact) mass is 382 g/mol. The van der Waals surface area contributed by atoms with Crippen LogP contribution >= 0.6 is 0 Å². The van der Waals surface area contributed by atoms with Gasteiger partial charge in [-0.2, -0.15) is 0 Å². The van der Waals surface area contributed by atoms with E-state index in [1.807, 2.05) is 13.8 Å². The highest BCUT2D eigenvalue weighted by molar-refractivity contribution is 5.94. The summed E-state index contributed by atoms with van der Waals surface area (Å²) in [5.74, 6) is -1.12. The Balaban J connectivity index is 2.71. The van der Waals surface area contributed by atoms with Crippen molar-refractivity contribution < 1.29 is 19.2 Å². The Hall–Kier alpha value is -2.12. The standard InChI is InChI=1S/C19H34N4O4/c1-11(2)20-15(24)12(3)21-16(25)14-9-8-10-23(14)17(26)13(4)22-18(27)19(5,6)7/h11-14H,8-10H2,1-7H3,(H,20,24)(H,21,25)(H,22,27)/t12-,13-,14-/m0/s1. The highest BCUT2D eigenvalue weighted by Gasteiger charge is 2.37. The normalized spacial score (nSPS) is 19.4. The molecule has 0 radical (unpaired) electrons. The van der Waals surface area contributed by atoms with Crippen LogP contribution < -0.4 is 16.0 Å². The molecule has 27 heavy (non-hydrogen) atoms. The van der Waals surface area contributed by atoms with Gasteiger partial charge in [0.05, 0.1) is 0 Å². The number of hydrogen-bond donors (Lipinski definition) is 3. The van der Waals surface area contributed by atoms with Crippen molar-refractivity contribution >= 4 is 23.6 Å². The predicted molar refractivity (Wildman–Crippen MR) is 103 cm³/mol. The lowest BCUT2D eigenvalue weighted by Gasteiger charge is -2.29. The second-order valence-corrected chi connectivity index (χ2v) is 8.53. The van der Waals surface area contributed by atoms with Gasteiger partial charge in [0, 0.05) is 18.0 Å². The van der Waals surface area contributed by atoms with E-state index in [9.17, 15) is 19.2 Å². The highest BCUT2D eigenvalue weighted by atomic mass is 16.2. The van der Waals surface area contributed by atoms with Crippen molar-refractivity contribution in [3.63, 3.8) is 0 Å². The maximum atomic E-state index is 12.7. The van der Waals surface area contributed by atoms with E-state index in [2.05, 4.69) is 16.0 Å². The summed E-state index contributed by atoms with van der Waals surface area (Å²) in [6, 6.07) is -2.04. The fraction of sp³-hybridized carbons (Fsp3) is 0.789. The van der Waals surface area contributed by atoms with E-state index in [4.69, 9.17) is 0 Å². The molecule has 0 bridgehead atoms. The molecule has 3 N–H and O–H groups in total. The fourth-order valence-corrected chi connectivity index (χ4v) is 2.81. The van der Waals surface area contributed by atoms with Gasteiger partial charge in [-0.05, 0) is 40.5 Å². The molecular formula is C19H34N4O4. The van der Waals surface area contributed by atoms with Gasteiger partial charge in [-0.3, -0.25) is 19.2 Å². The van der Waals surface area contributed by atoms with Crippen LogP contribution in [0.25, 0.3) is 0 Å². The molecule has 8 nitrogen and oxygen atoms in total. The molecule has 1 aliphatic rings. The largest absolute Gasteiger partial charge is 0.352 e. The van der Waals surface area contributed by atoms with Gasteiger partial charge in [-0.1, -0.05) is 20.8 Å². The van der Waals surface area contributed by atoms with Crippen molar-refractivity contribution in [1.29, 1.82) is 0 Å².